The normalized spacial score (nSPS) is 13.6. The van der Waals surface area contributed by atoms with Gasteiger partial charge in [-0.2, -0.15) is 24.1 Å². The first kappa shape index (κ1) is 26.0. The van der Waals surface area contributed by atoms with E-state index in [1.54, 1.807) is 50.0 Å². The number of anilines is 1. The van der Waals surface area contributed by atoms with Gasteiger partial charge in [0.15, 0.2) is 5.65 Å². The molecule has 40 heavy (non-hydrogen) atoms. The standard InChI is InChI=1S/C26H25F2N9O2S/c1-34-16-21(32-25(38)20-14-31-37-9-2-6-29-24(20)37)23(33-34)19-12-17(4-5-22(19)39-26(27)28)40-18-13-30-36(15-18)11-10-35-7-3-8-35/h2,4-6,9,12-16,26H,3,7-8,10-11H2,1H3,(H,32,38). The molecule has 1 aliphatic heterocycles. The molecule has 4 aromatic heterocycles. The van der Waals surface area contributed by atoms with Crippen LogP contribution in [0.25, 0.3) is 16.9 Å². The number of halogens is 2. The molecule has 0 radical (unpaired) electrons. The van der Waals surface area contributed by atoms with Gasteiger partial charge in [0.1, 0.15) is 17.0 Å². The highest BCUT2D eigenvalue weighted by Crippen LogP contribution is 2.39. The van der Waals surface area contributed by atoms with Crippen molar-refractivity contribution in [3.63, 3.8) is 0 Å². The molecule has 14 heteroatoms. The Morgan fingerprint density at radius 3 is 2.83 bits per heavy atom. The van der Waals surface area contributed by atoms with E-state index in [0.717, 1.165) is 36.0 Å². The summed E-state index contributed by atoms with van der Waals surface area (Å²) in [5, 5.41) is 15.9. The molecule has 1 N–H and O–H groups in total. The molecule has 0 atom stereocenters. The number of hydrogen-bond acceptors (Lipinski definition) is 8. The monoisotopic (exact) mass is 565 g/mol. The summed E-state index contributed by atoms with van der Waals surface area (Å²) < 4.78 is 36.4. The Morgan fingerprint density at radius 2 is 2.02 bits per heavy atom. The van der Waals surface area contributed by atoms with Crippen LogP contribution in [0.3, 0.4) is 0 Å². The number of likely N-dealkylation sites (tertiary alicyclic amines) is 1. The van der Waals surface area contributed by atoms with Gasteiger partial charge in [-0.3, -0.25) is 14.2 Å². The molecule has 206 valence electrons. The number of aromatic nitrogens is 7. The number of carbonyl (C=O) groups is 1. The summed E-state index contributed by atoms with van der Waals surface area (Å²) in [5.41, 5.74) is 1.56. The van der Waals surface area contributed by atoms with E-state index in [0.29, 0.717) is 16.9 Å². The van der Waals surface area contributed by atoms with Crippen LogP contribution in [0.1, 0.15) is 16.8 Å². The minimum Gasteiger partial charge on any atom is -0.434 e. The van der Waals surface area contributed by atoms with Gasteiger partial charge in [-0.15, -0.1) is 0 Å². The van der Waals surface area contributed by atoms with Crippen molar-refractivity contribution in [2.45, 2.75) is 29.4 Å². The average molecular weight is 566 g/mol. The van der Waals surface area contributed by atoms with Crippen LogP contribution >= 0.6 is 11.8 Å². The Labute approximate surface area is 231 Å². The second-order valence-corrected chi connectivity index (χ2v) is 10.4. The average Bonchev–Trinajstić information content (AvgIpc) is 3.62. The van der Waals surface area contributed by atoms with Crippen molar-refractivity contribution in [2.75, 3.05) is 25.0 Å². The molecule has 0 spiro atoms. The quantitative estimate of drug-likeness (QED) is 0.271. The molecular formula is C26H25F2N9O2S. The zero-order valence-electron chi connectivity index (χ0n) is 21.4. The van der Waals surface area contributed by atoms with Gasteiger partial charge in [-0.05, 0) is 43.8 Å². The molecule has 6 rings (SSSR count). The van der Waals surface area contributed by atoms with Crippen LogP contribution in [0.2, 0.25) is 0 Å². The molecule has 0 unspecified atom stereocenters. The number of alkyl halides is 2. The maximum absolute atomic E-state index is 13.3. The Bertz CT molecular complexity index is 1660. The molecule has 0 aliphatic carbocycles. The Balaban J connectivity index is 1.27. The molecule has 1 aromatic carbocycles. The topological polar surface area (TPSA) is 107 Å². The molecule has 1 saturated heterocycles. The van der Waals surface area contributed by atoms with E-state index in [-0.39, 0.29) is 17.0 Å². The first-order chi connectivity index (χ1) is 19.4. The smallest absolute Gasteiger partial charge is 0.387 e. The summed E-state index contributed by atoms with van der Waals surface area (Å²) in [6.07, 6.45) is 11.2. The van der Waals surface area contributed by atoms with Crippen molar-refractivity contribution in [1.29, 1.82) is 0 Å². The van der Waals surface area contributed by atoms with Gasteiger partial charge in [0.05, 0.1) is 29.5 Å². The minimum absolute atomic E-state index is 0.0589. The van der Waals surface area contributed by atoms with Crippen molar-refractivity contribution in [2.24, 2.45) is 7.05 Å². The molecule has 1 aliphatic rings. The van der Waals surface area contributed by atoms with E-state index >= 15 is 0 Å². The van der Waals surface area contributed by atoms with Crippen LogP contribution in [0.15, 0.2) is 71.2 Å². The third kappa shape index (κ3) is 5.53. The van der Waals surface area contributed by atoms with Gasteiger partial charge in [0.2, 0.25) is 0 Å². The van der Waals surface area contributed by atoms with Crippen LogP contribution in [0.4, 0.5) is 14.5 Å². The highest BCUT2D eigenvalue weighted by molar-refractivity contribution is 7.99. The van der Waals surface area contributed by atoms with Gasteiger partial charge in [0, 0.05) is 48.8 Å². The number of benzene rings is 1. The highest BCUT2D eigenvalue weighted by atomic mass is 32.2. The van der Waals surface area contributed by atoms with E-state index in [4.69, 9.17) is 4.74 Å². The maximum Gasteiger partial charge on any atom is 0.387 e. The van der Waals surface area contributed by atoms with Gasteiger partial charge < -0.3 is 15.0 Å². The van der Waals surface area contributed by atoms with Crippen molar-refractivity contribution < 1.29 is 18.3 Å². The van der Waals surface area contributed by atoms with E-state index in [9.17, 15) is 13.6 Å². The third-order valence-corrected chi connectivity index (χ3v) is 7.40. The lowest BCUT2D eigenvalue weighted by atomic mass is 10.1. The lowest BCUT2D eigenvalue weighted by Gasteiger charge is -2.30. The highest BCUT2D eigenvalue weighted by Gasteiger charge is 2.22. The van der Waals surface area contributed by atoms with Gasteiger partial charge in [-0.25, -0.2) is 9.50 Å². The Hall–Kier alpha value is -4.30. The molecule has 11 nitrogen and oxygen atoms in total. The lowest BCUT2D eigenvalue weighted by molar-refractivity contribution is -0.0494. The Morgan fingerprint density at radius 1 is 1.15 bits per heavy atom. The number of fused-ring (bicyclic) bond motifs is 1. The summed E-state index contributed by atoms with van der Waals surface area (Å²) in [7, 11) is 1.68. The first-order valence-corrected chi connectivity index (χ1v) is 13.4. The number of hydrogen-bond donors (Lipinski definition) is 1. The van der Waals surface area contributed by atoms with E-state index < -0.39 is 12.5 Å². The third-order valence-electron chi connectivity index (χ3n) is 6.46. The maximum atomic E-state index is 13.3. The van der Waals surface area contributed by atoms with Gasteiger partial charge in [-0.1, -0.05) is 11.8 Å². The second-order valence-electron chi connectivity index (χ2n) is 9.24. The van der Waals surface area contributed by atoms with E-state index in [2.05, 4.69) is 30.5 Å². The molecule has 5 aromatic rings. The summed E-state index contributed by atoms with van der Waals surface area (Å²) >= 11 is 1.44. The van der Waals surface area contributed by atoms with Crippen molar-refractivity contribution in [3.8, 4) is 17.0 Å². The van der Waals surface area contributed by atoms with Crippen LogP contribution in [-0.2, 0) is 13.6 Å². The van der Waals surface area contributed by atoms with Crippen molar-refractivity contribution >= 4 is 29.0 Å². The van der Waals surface area contributed by atoms with Crippen LogP contribution < -0.4 is 10.1 Å². The molecule has 1 fully saturated rings. The number of aryl methyl sites for hydroxylation is 1. The van der Waals surface area contributed by atoms with Crippen molar-refractivity contribution in [3.05, 3.63) is 67.0 Å². The molecule has 0 bridgehead atoms. The zero-order valence-corrected chi connectivity index (χ0v) is 22.3. The number of rotatable bonds is 10. The predicted octanol–water partition coefficient (Wildman–Crippen LogP) is 4.04. The molecule has 5 heterocycles. The fourth-order valence-corrected chi connectivity index (χ4v) is 5.28. The number of carbonyl (C=O) groups excluding carboxylic acids is 1. The van der Waals surface area contributed by atoms with Crippen LogP contribution in [-0.4, -0.2) is 71.2 Å². The number of amides is 1. The Kier molecular flexibility index (Phi) is 7.17. The predicted molar refractivity (Wildman–Crippen MR) is 144 cm³/mol. The van der Waals surface area contributed by atoms with Gasteiger partial charge in [0.25, 0.3) is 5.91 Å². The van der Waals surface area contributed by atoms with E-state index in [1.165, 1.54) is 39.6 Å². The zero-order chi connectivity index (χ0) is 27.6. The fourth-order valence-electron chi connectivity index (χ4n) is 4.42. The molecular weight excluding hydrogens is 540 g/mol. The summed E-state index contributed by atoms with van der Waals surface area (Å²) in [6, 6.07) is 6.60. The minimum atomic E-state index is -3.03. The number of nitrogens with one attached hydrogen (secondary N) is 1. The first-order valence-electron chi connectivity index (χ1n) is 12.6. The summed E-state index contributed by atoms with van der Waals surface area (Å²) in [5.74, 6) is -0.521. The van der Waals surface area contributed by atoms with Crippen LogP contribution in [0.5, 0.6) is 5.75 Å². The van der Waals surface area contributed by atoms with Crippen molar-refractivity contribution in [1.82, 2.24) is 39.1 Å². The summed E-state index contributed by atoms with van der Waals surface area (Å²) in [6.45, 7) is 0.977. The fraction of sp³-hybridized carbons (Fsp3) is 0.269. The second kappa shape index (κ2) is 11.1. The molecule has 1 amide bonds. The van der Waals surface area contributed by atoms with E-state index in [1.807, 2.05) is 10.9 Å². The SMILES string of the molecule is Cn1cc(NC(=O)c2cnn3cccnc23)c(-c2cc(Sc3cnn(CCN4CCC4)c3)ccc2OC(F)F)n1. The van der Waals surface area contributed by atoms with Crippen LogP contribution in [0, 0.1) is 0 Å². The largest absolute Gasteiger partial charge is 0.434 e. The number of ether oxygens (including phenoxy) is 1. The molecule has 0 saturated carbocycles. The summed E-state index contributed by atoms with van der Waals surface area (Å²) in [4.78, 5) is 21.4. The lowest BCUT2D eigenvalue weighted by Crippen LogP contribution is -2.39. The number of nitrogens with zero attached hydrogens (tertiary/aromatic N) is 8. The van der Waals surface area contributed by atoms with Gasteiger partial charge >= 0.3 is 6.61 Å².